The van der Waals surface area contributed by atoms with Gasteiger partial charge in [0.15, 0.2) is 0 Å². The van der Waals surface area contributed by atoms with Gasteiger partial charge in [0.1, 0.15) is 5.69 Å². The summed E-state index contributed by atoms with van der Waals surface area (Å²) >= 11 is 0. The molecule has 2 fully saturated rings. The van der Waals surface area contributed by atoms with Crippen LogP contribution in [0.2, 0.25) is 0 Å². The van der Waals surface area contributed by atoms with E-state index in [-0.39, 0.29) is 11.4 Å². The topological polar surface area (TPSA) is 39.2 Å². The molecular weight excluding hydrogens is 382 g/mol. The summed E-state index contributed by atoms with van der Waals surface area (Å²) in [6.07, 6.45) is 6.83. The SMILES string of the molecule is COC(=O)c1ccc([C@]2(c3ccc(C#Cc4ccccn4)cc3)CC3CC[C@@H]2C3)cc1. The highest BCUT2D eigenvalue weighted by atomic mass is 16.5. The fourth-order valence-electron chi connectivity index (χ4n) is 5.65. The van der Waals surface area contributed by atoms with Crippen molar-refractivity contribution in [2.75, 3.05) is 7.11 Å². The first-order chi connectivity index (χ1) is 15.2. The Kier molecular flexibility index (Phi) is 5.08. The number of ether oxygens (including phenoxy) is 1. The number of fused-ring (bicyclic) bond motifs is 2. The Morgan fingerprint density at radius 3 is 2.29 bits per heavy atom. The third-order valence-electron chi connectivity index (χ3n) is 7.07. The summed E-state index contributed by atoms with van der Waals surface area (Å²) in [5, 5.41) is 0. The monoisotopic (exact) mass is 407 g/mol. The molecule has 0 aliphatic heterocycles. The lowest BCUT2D eigenvalue weighted by atomic mass is 9.64. The zero-order valence-corrected chi connectivity index (χ0v) is 17.7. The van der Waals surface area contributed by atoms with Crippen LogP contribution in [-0.4, -0.2) is 18.1 Å². The van der Waals surface area contributed by atoms with Crippen LogP contribution in [0.3, 0.4) is 0 Å². The zero-order chi connectivity index (χ0) is 21.3. The van der Waals surface area contributed by atoms with Gasteiger partial charge in [0.05, 0.1) is 12.7 Å². The first-order valence-corrected chi connectivity index (χ1v) is 10.9. The van der Waals surface area contributed by atoms with Crippen LogP contribution in [0.4, 0.5) is 0 Å². The predicted molar refractivity (Wildman–Crippen MR) is 121 cm³/mol. The number of hydrogen-bond donors (Lipinski definition) is 0. The minimum Gasteiger partial charge on any atom is -0.465 e. The highest BCUT2D eigenvalue weighted by Gasteiger charge is 2.52. The molecule has 2 aliphatic rings. The lowest BCUT2D eigenvalue weighted by molar-refractivity contribution is 0.0600. The number of aromatic nitrogens is 1. The average molecular weight is 408 g/mol. The minimum absolute atomic E-state index is 0.0184. The lowest BCUT2D eigenvalue weighted by Crippen LogP contribution is -2.34. The second-order valence-electron chi connectivity index (χ2n) is 8.66. The number of pyridine rings is 1. The molecule has 3 atom stereocenters. The van der Waals surface area contributed by atoms with Crippen molar-refractivity contribution >= 4 is 5.97 Å². The van der Waals surface area contributed by atoms with Gasteiger partial charge in [-0.05, 0) is 84.5 Å². The summed E-state index contributed by atoms with van der Waals surface area (Å²) in [7, 11) is 1.42. The molecule has 154 valence electrons. The van der Waals surface area contributed by atoms with Gasteiger partial charge < -0.3 is 4.74 Å². The lowest BCUT2D eigenvalue weighted by Gasteiger charge is -2.39. The van der Waals surface area contributed by atoms with E-state index in [4.69, 9.17) is 4.74 Å². The normalized spacial score (nSPS) is 23.8. The molecule has 31 heavy (non-hydrogen) atoms. The van der Waals surface area contributed by atoms with Crippen molar-refractivity contribution < 1.29 is 9.53 Å². The quantitative estimate of drug-likeness (QED) is 0.433. The standard InChI is InChI=1S/C28H25NO2/c1-31-27(30)22-9-14-24(15-10-22)28(19-21-7-13-25(28)18-21)23-11-5-20(6-12-23)8-16-26-4-2-3-17-29-26/h2-6,9-12,14-15,17,21,25H,7,13,18-19H2,1H3/t21?,25-,28-/m1/s1. The number of rotatable bonds is 3. The number of esters is 1. The summed E-state index contributed by atoms with van der Waals surface area (Å²) in [5.41, 5.74) is 5.05. The van der Waals surface area contributed by atoms with E-state index < -0.39 is 0 Å². The molecule has 2 bridgehead atoms. The molecule has 2 aromatic carbocycles. The molecule has 0 amide bonds. The fourth-order valence-corrected chi connectivity index (χ4v) is 5.65. The average Bonchev–Trinajstić information content (AvgIpc) is 3.46. The van der Waals surface area contributed by atoms with E-state index in [9.17, 15) is 4.79 Å². The number of carbonyl (C=O) groups is 1. The van der Waals surface area contributed by atoms with Crippen LogP contribution in [0.15, 0.2) is 72.9 Å². The minimum atomic E-state index is -0.288. The molecule has 2 aliphatic carbocycles. The first-order valence-electron chi connectivity index (χ1n) is 10.9. The van der Waals surface area contributed by atoms with E-state index in [0.717, 1.165) is 17.2 Å². The van der Waals surface area contributed by atoms with Gasteiger partial charge in [0.25, 0.3) is 0 Å². The van der Waals surface area contributed by atoms with Crippen LogP contribution in [0.1, 0.15) is 58.4 Å². The molecule has 3 heteroatoms. The van der Waals surface area contributed by atoms with E-state index in [0.29, 0.717) is 11.5 Å². The van der Waals surface area contributed by atoms with Gasteiger partial charge in [-0.2, -0.15) is 0 Å². The maximum atomic E-state index is 11.9. The van der Waals surface area contributed by atoms with Crippen LogP contribution in [0, 0.1) is 23.7 Å². The predicted octanol–water partition coefficient (Wildman–Crippen LogP) is 5.37. The number of methoxy groups -OCH3 is 1. The van der Waals surface area contributed by atoms with Gasteiger partial charge in [0.2, 0.25) is 0 Å². The summed E-state index contributed by atoms with van der Waals surface area (Å²) in [5.74, 6) is 7.51. The largest absolute Gasteiger partial charge is 0.465 e. The van der Waals surface area contributed by atoms with E-state index in [1.165, 1.54) is 43.9 Å². The molecular formula is C28H25NO2. The third-order valence-corrected chi connectivity index (χ3v) is 7.07. The molecule has 2 saturated carbocycles. The highest BCUT2D eigenvalue weighted by Crippen LogP contribution is 2.60. The van der Waals surface area contributed by atoms with Crippen LogP contribution in [0.25, 0.3) is 0 Å². The molecule has 0 saturated heterocycles. The van der Waals surface area contributed by atoms with Crippen molar-refractivity contribution in [1.29, 1.82) is 0 Å². The molecule has 0 N–H and O–H groups in total. The Morgan fingerprint density at radius 2 is 1.71 bits per heavy atom. The summed E-state index contributed by atoms with van der Waals surface area (Å²) in [4.78, 5) is 16.2. The Morgan fingerprint density at radius 1 is 0.968 bits per heavy atom. The van der Waals surface area contributed by atoms with Crippen molar-refractivity contribution in [1.82, 2.24) is 4.98 Å². The number of hydrogen-bond acceptors (Lipinski definition) is 3. The summed E-state index contributed by atoms with van der Waals surface area (Å²) in [6, 6.07) is 22.6. The molecule has 3 nitrogen and oxygen atoms in total. The molecule has 3 aromatic rings. The smallest absolute Gasteiger partial charge is 0.337 e. The molecule has 0 spiro atoms. The first kappa shape index (κ1) is 19.6. The Hall–Kier alpha value is -3.38. The number of carbonyl (C=O) groups excluding carboxylic acids is 1. The third kappa shape index (κ3) is 3.53. The van der Waals surface area contributed by atoms with Crippen LogP contribution < -0.4 is 0 Å². The Balaban J connectivity index is 1.49. The van der Waals surface area contributed by atoms with E-state index >= 15 is 0 Å². The van der Waals surface area contributed by atoms with Gasteiger partial charge in [0, 0.05) is 17.2 Å². The van der Waals surface area contributed by atoms with Gasteiger partial charge in [-0.25, -0.2) is 9.78 Å². The van der Waals surface area contributed by atoms with E-state index in [2.05, 4.69) is 53.2 Å². The van der Waals surface area contributed by atoms with Gasteiger partial charge in [-0.15, -0.1) is 0 Å². The van der Waals surface area contributed by atoms with Crippen molar-refractivity contribution in [3.8, 4) is 11.8 Å². The van der Waals surface area contributed by atoms with Crippen molar-refractivity contribution in [2.45, 2.75) is 31.1 Å². The molecule has 5 rings (SSSR count). The second-order valence-corrected chi connectivity index (χ2v) is 8.66. The molecule has 1 unspecified atom stereocenters. The van der Waals surface area contributed by atoms with Crippen molar-refractivity contribution in [3.05, 3.63) is 101 Å². The van der Waals surface area contributed by atoms with Crippen molar-refractivity contribution in [3.63, 3.8) is 0 Å². The van der Waals surface area contributed by atoms with Crippen LogP contribution in [0.5, 0.6) is 0 Å². The number of benzene rings is 2. The Bertz CT molecular complexity index is 1140. The molecule has 1 aromatic heterocycles. The van der Waals surface area contributed by atoms with Crippen LogP contribution in [-0.2, 0) is 10.2 Å². The summed E-state index contributed by atoms with van der Waals surface area (Å²) in [6.45, 7) is 0. The molecule has 1 heterocycles. The van der Waals surface area contributed by atoms with Crippen LogP contribution >= 0.6 is 0 Å². The zero-order valence-electron chi connectivity index (χ0n) is 17.7. The van der Waals surface area contributed by atoms with Gasteiger partial charge in [-0.1, -0.05) is 42.7 Å². The fraction of sp³-hybridized carbons (Fsp3) is 0.286. The maximum absolute atomic E-state index is 11.9. The highest BCUT2D eigenvalue weighted by molar-refractivity contribution is 5.89. The van der Waals surface area contributed by atoms with Gasteiger partial charge >= 0.3 is 5.97 Å². The van der Waals surface area contributed by atoms with E-state index in [1.807, 2.05) is 30.3 Å². The second kappa shape index (κ2) is 8.04. The molecule has 0 radical (unpaired) electrons. The number of nitrogens with zero attached hydrogens (tertiary/aromatic N) is 1. The van der Waals surface area contributed by atoms with Crippen molar-refractivity contribution in [2.24, 2.45) is 11.8 Å². The van der Waals surface area contributed by atoms with Gasteiger partial charge in [-0.3, -0.25) is 0 Å². The maximum Gasteiger partial charge on any atom is 0.337 e. The van der Waals surface area contributed by atoms with E-state index in [1.54, 1.807) is 6.20 Å². The summed E-state index contributed by atoms with van der Waals surface area (Å²) < 4.78 is 4.87. The Labute approximate surface area is 183 Å².